The Morgan fingerprint density at radius 1 is 1.23 bits per heavy atom. The van der Waals surface area contributed by atoms with Crippen molar-refractivity contribution in [1.82, 2.24) is 5.32 Å². The molecule has 1 heterocycles. The van der Waals surface area contributed by atoms with E-state index in [-0.39, 0.29) is 12.1 Å². The van der Waals surface area contributed by atoms with Gasteiger partial charge in [0.05, 0.1) is 21.6 Å². The second-order valence-electron chi connectivity index (χ2n) is 6.41. The smallest absolute Gasteiger partial charge is 0.299 e. The van der Waals surface area contributed by atoms with Gasteiger partial charge < -0.3 is 10.6 Å². The summed E-state index contributed by atoms with van der Waals surface area (Å²) in [7, 11) is 0. The Morgan fingerprint density at radius 3 is 2.61 bits per heavy atom. The van der Waals surface area contributed by atoms with Crippen LogP contribution in [0.3, 0.4) is 0 Å². The van der Waals surface area contributed by atoms with E-state index in [1.54, 1.807) is 18.2 Å². The first kappa shape index (κ1) is 22.2. The van der Waals surface area contributed by atoms with Crippen molar-refractivity contribution in [2.45, 2.75) is 18.6 Å². The Balaban J connectivity index is 1.70. The molecule has 1 atom stereocenters. The van der Waals surface area contributed by atoms with Gasteiger partial charge in [-0.3, -0.25) is 29.8 Å². The van der Waals surface area contributed by atoms with Gasteiger partial charge in [-0.15, -0.1) is 0 Å². The van der Waals surface area contributed by atoms with Crippen molar-refractivity contribution >= 4 is 63.1 Å². The average Bonchev–Trinajstić information content (AvgIpc) is 3.02. The lowest BCUT2D eigenvalue weighted by molar-refractivity contribution is -0.393. The maximum Gasteiger partial charge on any atom is 0.299 e. The molecule has 0 radical (unpaired) electrons. The summed E-state index contributed by atoms with van der Waals surface area (Å²) in [6.45, 7) is 1.81. The molecule has 0 aliphatic carbocycles. The fraction of sp³-hybridized carbons (Fsp3) is 0.167. The topological polar surface area (TPSA) is 157 Å². The summed E-state index contributed by atoms with van der Waals surface area (Å²) < 4.78 is 0. The van der Waals surface area contributed by atoms with Gasteiger partial charge in [0.25, 0.3) is 11.4 Å². The van der Waals surface area contributed by atoms with Gasteiger partial charge in [0.2, 0.25) is 11.8 Å². The van der Waals surface area contributed by atoms with Crippen LogP contribution in [0.2, 0.25) is 5.02 Å². The van der Waals surface area contributed by atoms with Gasteiger partial charge in [0.1, 0.15) is 10.9 Å². The summed E-state index contributed by atoms with van der Waals surface area (Å²) in [5.74, 6) is -1.09. The summed E-state index contributed by atoms with van der Waals surface area (Å²) in [4.78, 5) is 49.3. The molecule has 0 aromatic heterocycles. The number of hydrogen-bond acceptors (Lipinski definition) is 8. The summed E-state index contributed by atoms with van der Waals surface area (Å²) in [5.41, 5.74) is 0.121. The van der Waals surface area contributed by atoms with Crippen LogP contribution in [0, 0.1) is 27.2 Å². The molecule has 11 nitrogen and oxygen atoms in total. The lowest BCUT2D eigenvalue weighted by Gasteiger charge is -2.08. The molecule has 3 rings (SSSR count). The summed E-state index contributed by atoms with van der Waals surface area (Å²) in [5, 5.41) is 27.0. The third-order valence-corrected chi connectivity index (χ3v) is 5.51. The van der Waals surface area contributed by atoms with Gasteiger partial charge in [0.15, 0.2) is 5.17 Å². The first-order valence-corrected chi connectivity index (χ1v) is 9.95. The first-order valence-electron chi connectivity index (χ1n) is 8.69. The van der Waals surface area contributed by atoms with E-state index in [1.165, 1.54) is 0 Å². The van der Waals surface area contributed by atoms with Gasteiger partial charge in [-0.05, 0) is 36.8 Å². The third-order valence-electron chi connectivity index (χ3n) is 4.19. The van der Waals surface area contributed by atoms with Crippen molar-refractivity contribution in [3.8, 4) is 0 Å². The number of halogens is 1. The Morgan fingerprint density at radius 2 is 1.97 bits per heavy atom. The average molecular weight is 464 g/mol. The highest BCUT2D eigenvalue weighted by Gasteiger charge is 2.33. The van der Waals surface area contributed by atoms with Gasteiger partial charge in [-0.25, -0.2) is 4.99 Å². The molecule has 0 spiro atoms. The zero-order valence-electron chi connectivity index (χ0n) is 15.8. The normalized spacial score (nSPS) is 16.8. The maximum atomic E-state index is 12.3. The van der Waals surface area contributed by atoms with Crippen molar-refractivity contribution in [2.24, 2.45) is 4.99 Å². The minimum absolute atomic E-state index is 0.199. The van der Waals surface area contributed by atoms with Crippen LogP contribution in [0.5, 0.6) is 0 Å². The van der Waals surface area contributed by atoms with Crippen molar-refractivity contribution in [3.63, 3.8) is 0 Å². The molecule has 31 heavy (non-hydrogen) atoms. The number of benzene rings is 2. The summed E-state index contributed by atoms with van der Waals surface area (Å²) >= 11 is 6.97. The zero-order chi connectivity index (χ0) is 22.7. The van der Waals surface area contributed by atoms with E-state index >= 15 is 0 Å². The van der Waals surface area contributed by atoms with Crippen LogP contribution in [-0.2, 0) is 9.59 Å². The largest absolute Gasteiger partial charge is 0.320 e. The molecule has 0 unspecified atom stereocenters. The molecule has 1 aliphatic rings. The van der Waals surface area contributed by atoms with Crippen molar-refractivity contribution < 1.29 is 19.4 Å². The number of aliphatic imine (C=N–C) groups is 1. The minimum atomic E-state index is -0.834. The second kappa shape index (κ2) is 9.10. The Labute approximate surface area is 184 Å². The number of amidine groups is 1. The van der Waals surface area contributed by atoms with E-state index in [1.807, 2.05) is 6.92 Å². The number of aryl methyl sites for hydroxylation is 1. The van der Waals surface area contributed by atoms with Crippen molar-refractivity contribution in [3.05, 3.63) is 67.2 Å². The molecule has 0 bridgehead atoms. The molecule has 1 aliphatic heterocycles. The summed E-state index contributed by atoms with van der Waals surface area (Å²) in [6, 6.07) is 7.96. The monoisotopic (exact) mass is 463 g/mol. The molecule has 2 N–H and O–H groups in total. The number of carbonyl (C=O) groups excluding carboxylic acids is 2. The molecule has 160 valence electrons. The highest BCUT2D eigenvalue weighted by atomic mass is 35.5. The quantitative estimate of drug-likeness (QED) is 0.488. The fourth-order valence-electron chi connectivity index (χ4n) is 2.71. The molecule has 0 saturated carbocycles. The molecule has 2 amide bonds. The number of non-ortho nitro benzene ring substituents is 1. The fourth-order valence-corrected chi connectivity index (χ4v) is 3.91. The lowest BCUT2D eigenvalue weighted by atomic mass is 10.2. The van der Waals surface area contributed by atoms with Crippen LogP contribution in [0.15, 0.2) is 41.4 Å². The number of anilines is 1. The number of nitrogens with zero attached hydrogens (tertiary/aromatic N) is 3. The highest BCUT2D eigenvalue weighted by molar-refractivity contribution is 8.15. The number of nitro groups is 2. The summed E-state index contributed by atoms with van der Waals surface area (Å²) in [6.07, 6.45) is -0.275. The van der Waals surface area contributed by atoms with Crippen LogP contribution >= 0.6 is 23.4 Å². The van der Waals surface area contributed by atoms with Gasteiger partial charge in [-0.1, -0.05) is 23.4 Å². The molecule has 1 fully saturated rings. The van der Waals surface area contributed by atoms with Crippen LogP contribution in [-0.4, -0.2) is 32.1 Å². The van der Waals surface area contributed by atoms with Crippen LogP contribution in [0.1, 0.15) is 12.0 Å². The van der Waals surface area contributed by atoms with E-state index in [9.17, 15) is 29.8 Å². The number of nitro benzene ring substituents is 2. The Hall–Kier alpha value is -3.51. The number of carbonyl (C=O) groups is 2. The van der Waals surface area contributed by atoms with E-state index in [4.69, 9.17) is 11.6 Å². The minimum Gasteiger partial charge on any atom is -0.320 e. The van der Waals surface area contributed by atoms with Crippen LogP contribution in [0.25, 0.3) is 0 Å². The predicted octanol–water partition coefficient (Wildman–Crippen LogP) is 3.71. The molecule has 1 saturated heterocycles. The maximum absolute atomic E-state index is 12.3. The highest BCUT2D eigenvalue weighted by Crippen LogP contribution is 2.31. The number of nitrogens with one attached hydrogen (secondary N) is 2. The van der Waals surface area contributed by atoms with Crippen LogP contribution < -0.4 is 10.6 Å². The van der Waals surface area contributed by atoms with Crippen LogP contribution in [0.4, 0.5) is 22.7 Å². The lowest BCUT2D eigenvalue weighted by Crippen LogP contribution is -2.28. The van der Waals surface area contributed by atoms with E-state index in [0.717, 1.165) is 35.5 Å². The van der Waals surface area contributed by atoms with Gasteiger partial charge in [-0.2, -0.15) is 0 Å². The predicted molar refractivity (Wildman–Crippen MR) is 116 cm³/mol. The SMILES string of the molecule is Cc1cc(Cl)ccc1N=C1NC(=O)[C@H](CC(=O)Nc2ccc([N+](=O)[O-])cc2[N+](=O)[O-])S1. The molecular formula is C18H14ClN5O6S. The van der Waals surface area contributed by atoms with Crippen molar-refractivity contribution in [2.75, 3.05) is 5.32 Å². The second-order valence-corrected chi connectivity index (χ2v) is 8.04. The molecular weight excluding hydrogens is 450 g/mol. The number of amides is 2. The molecule has 2 aromatic carbocycles. The first-order chi connectivity index (χ1) is 14.6. The van der Waals surface area contributed by atoms with E-state index in [2.05, 4.69) is 15.6 Å². The van der Waals surface area contributed by atoms with E-state index < -0.39 is 38.3 Å². The van der Waals surface area contributed by atoms with Gasteiger partial charge in [0, 0.05) is 17.5 Å². The Kier molecular flexibility index (Phi) is 6.51. The third kappa shape index (κ3) is 5.35. The van der Waals surface area contributed by atoms with E-state index in [0.29, 0.717) is 15.9 Å². The molecule has 2 aromatic rings. The Bertz CT molecular complexity index is 1140. The van der Waals surface area contributed by atoms with Gasteiger partial charge >= 0.3 is 0 Å². The molecule has 13 heteroatoms. The number of hydrogen-bond donors (Lipinski definition) is 2. The van der Waals surface area contributed by atoms with Crippen molar-refractivity contribution in [1.29, 1.82) is 0 Å². The zero-order valence-corrected chi connectivity index (χ0v) is 17.4. The standard InChI is InChI=1S/C18H14ClN5O6S/c1-9-6-10(19)2-4-12(9)21-18-22-17(26)15(31-18)8-16(25)20-13-5-3-11(23(27)28)7-14(13)24(29)30/h2-7,15H,8H2,1H3,(H,20,25)(H,21,22,26)/t15-/m0/s1. The number of thioether (sulfide) groups is 1. The number of rotatable bonds is 6.